The Morgan fingerprint density at radius 1 is 0.393 bits per heavy atom. The first-order valence-electron chi connectivity index (χ1n) is 19.4. The van der Waals surface area contributed by atoms with Crippen LogP contribution in [0.2, 0.25) is 0 Å². The molecule has 3 heteroatoms. The van der Waals surface area contributed by atoms with Gasteiger partial charge in [0, 0.05) is 37.0 Å². The predicted molar refractivity (Wildman–Crippen MR) is 234 cm³/mol. The summed E-state index contributed by atoms with van der Waals surface area (Å²) < 4.78 is 4.99. The second-order valence-corrected chi connectivity index (χ2v) is 16.3. The van der Waals surface area contributed by atoms with Gasteiger partial charge in [0.1, 0.15) is 0 Å². The van der Waals surface area contributed by atoms with Gasteiger partial charge < -0.3 is 9.13 Å². The summed E-state index contributed by atoms with van der Waals surface area (Å²) in [6.45, 7) is 0. The Bertz CT molecular complexity index is 3460. The lowest BCUT2D eigenvalue weighted by molar-refractivity contribution is 0.692. The highest BCUT2D eigenvalue weighted by Crippen LogP contribution is 2.62. The van der Waals surface area contributed by atoms with Gasteiger partial charge in [-0.1, -0.05) is 157 Å². The highest BCUT2D eigenvalue weighted by molar-refractivity contribution is 7.99. The topological polar surface area (TPSA) is 9.86 Å². The van der Waals surface area contributed by atoms with E-state index in [0.717, 1.165) is 5.69 Å². The number of fused-ring (bicyclic) bond motifs is 16. The molecule has 1 unspecified atom stereocenters. The summed E-state index contributed by atoms with van der Waals surface area (Å²) >= 11 is 1.93. The first-order chi connectivity index (χ1) is 27.8. The third kappa shape index (κ3) is 3.83. The van der Waals surface area contributed by atoms with Gasteiger partial charge in [0.15, 0.2) is 0 Å². The van der Waals surface area contributed by atoms with Gasteiger partial charge in [-0.2, -0.15) is 0 Å². The molecule has 11 aromatic rings. The van der Waals surface area contributed by atoms with E-state index in [9.17, 15) is 0 Å². The van der Waals surface area contributed by atoms with Gasteiger partial charge in [-0.3, -0.25) is 0 Å². The van der Waals surface area contributed by atoms with Gasteiger partial charge in [-0.25, -0.2) is 0 Å². The second-order valence-electron chi connectivity index (χ2n) is 15.2. The Kier molecular flexibility index (Phi) is 6.06. The smallest absolute Gasteiger partial charge is 0.0764 e. The van der Waals surface area contributed by atoms with Crippen LogP contribution in [0.15, 0.2) is 204 Å². The molecule has 4 heterocycles. The molecule has 260 valence electrons. The van der Waals surface area contributed by atoms with Gasteiger partial charge in [0.05, 0.1) is 33.2 Å². The van der Waals surface area contributed by atoms with E-state index < -0.39 is 5.41 Å². The molecule has 9 aromatic carbocycles. The van der Waals surface area contributed by atoms with Crippen molar-refractivity contribution in [2.45, 2.75) is 15.2 Å². The Labute approximate surface area is 327 Å². The van der Waals surface area contributed by atoms with Crippen molar-refractivity contribution >= 4 is 66.1 Å². The fourth-order valence-corrected chi connectivity index (χ4v) is 11.6. The first kappa shape index (κ1) is 30.5. The molecule has 0 N–H and O–H groups in total. The van der Waals surface area contributed by atoms with E-state index in [1.54, 1.807) is 0 Å². The van der Waals surface area contributed by atoms with Crippen molar-refractivity contribution in [3.8, 4) is 22.5 Å². The molecule has 0 saturated heterocycles. The molecule has 2 nitrogen and oxygen atoms in total. The first-order valence-corrected chi connectivity index (χ1v) is 20.2. The third-order valence-electron chi connectivity index (χ3n) is 12.6. The van der Waals surface area contributed by atoms with Gasteiger partial charge in [0.2, 0.25) is 0 Å². The Balaban J connectivity index is 1.10. The van der Waals surface area contributed by atoms with E-state index in [-0.39, 0.29) is 0 Å². The maximum absolute atomic E-state index is 2.52. The summed E-state index contributed by atoms with van der Waals surface area (Å²) in [4.78, 5) is 2.64. The van der Waals surface area contributed by atoms with Crippen molar-refractivity contribution in [1.82, 2.24) is 9.13 Å². The summed E-state index contributed by atoms with van der Waals surface area (Å²) in [6, 6.07) is 72.5. The monoisotopic (exact) mass is 728 g/mol. The van der Waals surface area contributed by atoms with E-state index in [2.05, 4.69) is 203 Å². The van der Waals surface area contributed by atoms with Crippen molar-refractivity contribution in [2.75, 3.05) is 0 Å². The van der Waals surface area contributed by atoms with E-state index in [4.69, 9.17) is 0 Å². The highest BCUT2D eigenvalue weighted by atomic mass is 32.2. The molecule has 1 atom stereocenters. The zero-order valence-electron chi connectivity index (χ0n) is 30.3. The molecule has 0 radical (unpaired) electrons. The van der Waals surface area contributed by atoms with Crippen LogP contribution in [0.25, 0.3) is 76.9 Å². The van der Waals surface area contributed by atoms with E-state index in [0.29, 0.717) is 0 Å². The number of hydrogen-bond donors (Lipinski definition) is 0. The SMILES string of the molecule is c1ccc2c(c1)Sc1c(ccc3c1c1ccccc1n3-c1ccc(-c3ccc4ccccc4c3)cc1)C21c2ccccc2-n2c3ccccc3c3cccc1c32. The van der Waals surface area contributed by atoms with Gasteiger partial charge >= 0.3 is 0 Å². The van der Waals surface area contributed by atoms with Crippen molar-refractivity contribution in [3.05, 3.63) is 216 Å². The molecule has 2 aliphatic rings. The molecule has 56 heavy (non-hydrogen) atoms. The molecular formula is C53H32N2S. The highest BCUT2D eigenvalue weighted by Gasteiger charge is 2.50. The van der Waals surface area contributed by atoms with Crippen LogP contribution in [0.5, 0.6) is 0 Å². The van der Waals surface area contributed by atoms with Crippen LogP contribution in [0, 0.1) is 0 Å². The number of benzene rings is 9. The fraction of sp³-hybridized carbons (Fsp3) is 0.0189. The second kappa shape index (κ2) is 11.1. The van der Waals surface area contributed by atoms with Gasteiger partial charge in [-0.15, -0.1) is 0 Å². The minimum absolute atomic E-state index is 0.517. The predicted octanol–water partition coefficient (Wildman–Crippen LogP) is 13.9. The van der Waals surface area contributed by atoms with Crippen LogP contribution in [0.1, 0.15) is 22.3 Å². The van der Waals surface area contributed by atoms with Crippen LogP contribution in [0.3, 0.4) is 0 Å². The molecule has 2 aliphatic heterocycles. The lowest BCUT2D eigenvalue weighted by Gasteiger charge is -2.45. The zero-order chi connectivity index (χ0) is 36.5. The summed E-state index contributed by atoms with van der Waals surface area (Å²) in [5, 5.41) is 7.70. The Hall–Kier alpha value is -6.81. The van der Waals surface area contributed by atoms with Crippen LogP contribution in [-0.4, -0.2) is 9.13 Å². The van der Waals surface area contributed by atoms with Crippen LogP contribution >= 0.6 is 11.8 Å². The summed E-state index contributed by atoms with van der Waals surface area (Å²) in [5.74, 6) is 0. The molecule has 0 saturated carbocycles. The molecule has 2 aromatic heterocycles. The molecule has 0 amide bonds. The third-order valence-corrected chi connectivity index (χ3v) is 13.8. The van der Waals surface area contributed by atoms with E-state index in [1.165, 1.54) is 103 Å². The molecule has 13 rings (SSSR count). The van der Waals surface area contributed by atoms with Crippen molar-refractivity contribution in [1.29, 1.82) is 0 Å². The number of aromatic nitrogens is 2. The van der Waals surface area contributed by atoms with Crippen LogP contribution in [0.4, 0.5) is 0 Å². The zero-order valence-corrected chi connectivity index (χ0v) is 31.1. The largest absolute Gasteiger partial charge is 0.309 e. The number of hydrogen-bond acceptors (Lipinski definition) is 1. The molecule has 0 bridgehead atoms. The molecule has 0 aliphatic carbocycles. The minimum atomic E-state index is -0.517. The van der Waals surface area contributed by atoms with Crippen LogP contribution in [-0.2, 0) is 5.41 Å². The van der Waals surface area contributed by atoms with Gasteiger partial charge in [-0.05, 0) is 92.7 Å². The van der Waals surface area contributed by atoms with Crippen molar-refractivity contribution in [2.24, 2.45) is 0 Å². The van der Waals surface area contributed by atoms with E-state index in [1.807, 2.05) is 11.8 Å². The Morgan fingerprint density at radius 2 is 1.05 bits per heavy atom. The fourth-order valence-electron chi connectivity index (χ4n) is 10.3. The van der Waals surface area contributed by atoms with Crippen LogP contribution < -0.4 is 0 Å². The number of rotatable bonds is 2. The average Bonchev–Trinajstić information content (AvgIpc) is 3.79. The minimum Gasteiger partial charge on any atom is -0.309 e. The molecule has 0 fully saturated rings. The lowest BCUT2D eigenvalue weighted by Crippen LogP contribution is -2.37. The summed E-state index contributed by atoms with van der Waals surface area (Å²) in [5.41, 5.74) is 14.7. The molecular weight excluding hydrogens is 697 g/mol. The summed E-state index contributed by atoms with van der Waals surface area (Å²) in [7, 11) is 0. The summed E-state index contributed by atoms with van der Waals surface area (Å²) in [6.07, 6.45) is 0. The standard InChI is InChI=1S/C53H32N2S/c1-2-13-35-32-36(25-24-33(35)12-1)34-26-28-37(29-27-34)54-46-21-8-4-15-40(46)50-48(54)31-30-44-52(50)56-49-23-10-6-18-42(49)53(44)41-17-5-9-22-47(41)55-45-20-7-3-14-38(45)39-16-11-19-43(53)51(39)55/h1-32H. The normalized spacial score (nSPS) is 15.5. The average molecular weight is 729 g/mol. The Morgan fingerprint density at radius 3 is 1.93 bits per heavy atom. The van der Waals surface area contributed by atoms with Crippen molar-refractivity contribution < 1.29 is 0 Å². The van der Waals surface area contributed by atoms with Gasteiger partial charge in [0.25, 0.3) is 0 Å². The number of nitrogens with zero attached hydrogens (tertiary/aromatic N) is 2. The quantitative estimate of drug-likeness (QED) is 0.172. The van der Waals surface area contributed by atoms with E-state index >= 15 is 0 Å². The maximum Gasteiger partial charge on any atom is 0.0764 e. The maximum atomic E-state index is 2.52. The number of para-hydroxylation sites is 4. The molecule has 1 spiro atoms. The van der Waals surface area contributed by atoms with Crippen molar-refractivity contribution in [3.63, 3.8) is 0 Å². The lowest BCUT2D eigenvalue weighted by atomic mass is 9.62.